The number of nitrogens with zero attached hydrogens (tertiary/aromatic N) is 4. The van der Waals surface area contributed by atoms with Crippen molar-refractivity contribution in [2.75, 3.05) is 56.2 Å². The second-order valence-corrected chi connectivity index (χ2v) is 11.1. The Morgan fingerprint density at radius 3 is 2.62 bits per heavy atom. The highest BCUT2D eigenvalue weighted by molar-refractivity contribution is 7.88. The van der Waals surface area contributed by atoms with Crippen LogP contribution >= 0.6 is 0 Å². The monoisotopic (exact) mass is 521 g/mol. The molecule has 2 aromatic heterocycles. The molecule has 1 aliphatic rings. The lowest BCUT2D eigenvalue weighted by Crippen LogP contribution is -2.49. The number of fused-ring (bicyclic) bond motifs is 1. The number of aryl methyl sites for hydroxylation is 1. The van der Waals surface area contributed by atoms with Crippen LogP contribution in [0.5, 0.6) is 5.75 Å². The summed E-state index contributed by atoms with van der Waals surface area (Å²) in [6.45, 7) is 5.75. The van der Waals surface area contributed by atoms with Gasteiger partial charge in [0.15, 0.2) is 0 Å². The third-order valence-corrected chi connectivity index (χ3v) is 7.55. The maximum atomic E-state index is 11.7. The first kappa shape index (κ1) is 25.0. The van der Waals surface area contributed by atoms with Gasteiger partial charge in [-0.1, -0.05) is 6.07 Å². The predicted octanol–water partition coefficient (Wildman–Crippen LogP) is 3.71. The molecule has 1 aliphatic heterocycles. The van der Waals surface area contributed by atoms with Gasteiger partial charge < -0.3 is 20.4 Å². The van der Waals surface area contributed by atoms with Crippen molar-refractivity contribution in [2.45, 2.75) is 6.92 Å². The Morgan fingerprint density at radius 2 is 1.81 bits per heavy atom. The number of aromatic nitrogens is 3. The quantitative estimate of drug-likeness (QED) is 0.305. The molecule has 0 saturated carbocycles. The molecular formula is C26H31N7O3S. The number of ether oxygens (including phenoxy) is 1. The molecule has 0 spiro atoms. The van der Waals surface area contributed by atoms with E-state index in [-0.39, 0.29) is 0 Å². The molecule has 37 heavy (non-hydrogen) atoms. The number of aromatic amines is 1. The van der Waals surface area contributed by atoms with E-state index in [1.54, 1.807) is 6.20 Å². The Hall–Kier alpha value is -3.67. The number of benzene rings is 2. The predicted molar refractivity (Wildman–Crippen MR) is 146 cm³/mol. The fourth-order valence-electron chi connectivity index (χ4n) is 4.36. The molecule has 3 N–H and O–H groups in total. The molecular weight excluding hydrogens is 490 g/mol. The van der Waals surface area contributed by atoms with Crippen LogP contribution in [-0.2, 0) is 10.0 Å². The largest absolute Gasteiger partial charge is 0.492 e. The molecule has 1 saturated heterocycles. The molecule has 0 radical (unpaired) electrons. The molecule has 2 aromatic carbocycles. The van der Waals surface area contributed by atoms with Gasteiger partial charge in [-0.15, -0.1) is 0 Å². The molecule has 0 atom stereocenters. The summed E-state index contributed by atoms with van der Waals surface area (Å²) >= 11 is 0. The van der Waals surface area contributed by atoms with Crippen LogP contribution in [0.25, 0.3) is 10.9 Å². The molecule has 0 aliphatic carbocycles. The van der Waals surface area contributed by atoms with Crippen molar-refractivity contribution in [1.82, 2.24) is 24.2 Å². The number of sulfonamides is 1. The SMILES string of the molecule is Cc1cc2cc(Nc3ccnc(Nc4cccc(OCCN5CCN(S(C)(=O)=O)CC5)c4)n3)ccc2[nH]1. The first-order valence-corrected chi connectivity index (χ1v) is 14.0. The first-order valence-electron chi connectivity index (χ1n) is 12.2. The third-order valence-electron chi connectivity index (χ3n) is 6.25. The van der Waals surface area contributed by atoms with Crippen molar-refractivity contribution in [2.24, 2.45) is 0 Å². The zero-order valence-electron chi connectivity index (χ0n) is 20.9. The van der Waals surface area contributed by atoms with E-state index in [2.05, 4.69) is 42.6 Å². The molecule has 4 aromatic rings. The lowest BCUT2D eigenvalue weighted by molar-refractivity contribution is 0.159. The molecule has 11 heteroatoms. The summed E-state index contributed by atoms with van der Waals surface area (Å²) in [6, 6.07) is 17.8. The smallest absolute Gasteiger partial charge is 0.229 e. The van der Waals surface area contributed by atoms with Crippen LogP contribution in [0.4, 0.5) is 23.1 Å². The zero-order valence-corrected chi connectivity index (χ0v) is 21.8. The zero-order chi connectivity index (χ0) is 25.8. The van der Waals surface area contributed by atoms with Crippen molar-refractivity contribution >= 4 is 44.1 Å². The van der Waals surface area contributed by atoms with Crippen LogP contribution in [0.1, 0.15) is 5.69 Å². The van der Waals surface area contributed by atoms with Gasteiger partial charge in [-0.05, 0) is 49.4 Å². The van der Waals surface area contributed by atoms with Gasteiger partial charge in [-0.25, -0.2) is 13.4 Å². The summed E-state index contributed by atoms with van der Waals surface area (Å²) in [7, 11) is -3.12. The van der Waals surface area contributed by atoms with Crippen LogP contribution < -0.4 is 15.4 Å². The Labute approximate surface area is 216 Å². The number of rotatable bonds is 9. The normalized spacial score (nSPS) is 15.1. The second kappa shape index (κ2) is 10.8. The standard InChI is InChI=1S/C26H31N7O3S/c1-19-16-20-17-22(6-7-24(20)28-19)29-25-8-9-27-26(31-25)30-21-4-3-5-23(18-21)36-15-14-32-10-12-33(13-11-32)37(2,34)35/h3-9,16-18,28H,10-15H2,1-2H3,(H2,27,29,30,31). The number of H-pyrrole nitrogens is 1. The van der Waals surface area contributed by atoms with Crippen LogP contribution in [-0.4, -0.2) is 78.2 Å². The van der Waals surface area contributed by atoms with E-state index in [9.17, 15) is 8.42 Å². The minimum Gasteiger partial charge on any atom is -0.492 e. The molecule has 0 bridgehead atoms. The summed E-state index contributed by atoms with van der Waals surface area (Å²) in [5.74, 6) is 1.90. The van der Waals surface area contributed by atoms with Gasteiger partial charge in [0.1, 0.15) is 18.2 Å². The maximum absolute atomic E-state index is 11.7. The summed E-state index contributed by atoms with van der Waals surface area (Å²) in [4.78, 5) is 14.5. The lowest BCUT2D eigenvalue weighted by atomic mass is 10.2. The molecule has 1 fully saturated rings. The fraction of sp³-hybridized carbons (Fsp3) is 0.308. The maximum Gasteiger partial charge on any atom is 0.229 e. The highest BCUT2D eigenvalue weighted by atomic mass is 32.2. The van der Waals surface area contributed by atoms with E-state index >= 15 is 0 Å². The summed E-state index contributed by atoms with van der Waals surface area (Å²) in [5, 5.41) is 7.73. The van der Waals surface area contributed by atoms with E-state index in [0.717, 1.165) is 40.3 Å². The minimum absolute atomic E-state index is 0.476. The van der Waals surface area contributed by atoms with E-state index in [1.165, 1.54) is 10.6 Å². The number of piperazine rings is 1. The van der Waals surface area contributed by atoms with Gasteiger partial charge in [-0.3, -0.25) is 4.90 Å². The Kier molecular flexibility index (Phi) is 7.26. The van der Waals surface area contributed by atoms with E-state index in [0.29, 0.717) is 44.6 Å². The third kappa shape index (κ3) is 6.56. The summed E-state index contributed by atoms with van der Waals surface area (Å²) in [6.07, 6.45) is 2.97. The van der Waals surface area contributed by atoms with Crippen molar-refractivity contribution < 1.29 is 13.2 Å². The highest BCUT2D eigenvalue weighted by Gasteiger charge is 2.23. The highest BCUT2D eigenvalue weighted by Crippen LogP contribution is 2.24. The minimum atomic E-state index is -3.12. The average Bonchev–Trinajstić information content (AvgIpc) is 3.24. The van der Waals surface area contributed by atoms with E-state index < -0.39 is 10.0 Å². The van der Waals surface area contributed by atoms with E-state index in [4.69, 9.17) is 4.74 Å². The van der Waals surface area contributed by atoms with Gasteiger partial charge in [0.05, 0.1) is 6.26 Å². The number of anilines is 4. The lowest BCUT2D eigenvalue weighted by Gasteiger charge is -2.33. The van der Waals surface area contributed by atoms with Crippen LogP contribution in [0.15, 0.2) is 60.8 Å². The van der Waals surface area contributed by atoms with Crippen molar-refractivity contribution in [3.05, 3.63) is 66.5 Å². The topological polar surface area (TPSA) is 115 Å². The fourth-order valence-corrected chi connectivity index (χ4v) is 5.19. The van der Waals surface area contributed by atoms with Gasteiger partial charge in [-0.2, -0.15) is 9.29 Å². The van der Waals surface area contributed by atoms with E-state index in [1.807, 2.05) is 49.4 Å². The Morgan fingerprint density at radius 1 is 1.00 bits per heavy atom. The van der Waals surface area contributed by atoms with Crippen LogP contribution in [0, 0.1) is 6.92 Å². The molecule has 0 unspecified atom stereocenters. The number of hydrogen-bond donors (Lipinski definition) is 3. The first-order chi connectivity index (χ1) is 17.8. The molecule has 194 valence electrons. The molecule has 3 heterocycles. The Bertz CT molecular complexity index is 1480. The molecule has 0 amide bonds. The van der Waals surface area contributed by atoms with Crippen LogP contribution in [0.2, 0.25) is 0 Å². The second-order valence-electron chi connectivity index (χ2n) is 9.15. The van der Waals surface area contributed by atoms with Crippen molar-refractivity contribution in [3.8, 4) is 5.75 Å². The van der Waals surface area contributed by atoms with Gasteiger partial charge in [0, 0.05) is 73.0 Å². The van der Waals surface area contributed by atoms with Crippen molar-refractivity contribution in [3.63, 3.8) is 0 Å². The van der Waals surface area contributed by atoms with Gasteiger partial charge in [0.2, 0.25) is 16.0 Å². The van der Waals surface area contributed by atoms with Gasteiger partial charge in [0.25, 0.3) is 0 Å². The van der Waals surface area contributed by atoms with Crippen LogP contribution in [0.3, 0.4) is 0 Å². The number of nitrogens with one attached hydrogen (secondary N) is 3. The number of hydrogen-bond acceptors (Lipinski definition) is 8. The summed E-state index contributed by atoms with van der Waals surface area (Å²) < 4.78 is 30.8. The van der Waals surface area contributed by atoms with Gasteiger partial charge >= 0.3 is 0 Å². The summed E-state index contributed by atoms with van der Waals surface area (Å²) in [5.41, 5.74) is 3.99. The average molecular weight is 522 g/mol. The van der Waals surface area contributed by atoms with Crippen molar-refractivity contribution in [1.29, 1.82) is 0 Å². The molecule has 10 nitrogen and oxygen atoms in total. The Balaban J connectivity index is 1.15. The molecule has 5 rings (SSSR count).